The zero-order chi connectivity index (χ0) is 15.4. The minimum absolute atomic E-state index is 0.0969. The Hall–Kier alpha value is -3.03. The van der Waals surface area contributed by atoms with E-state index in [1.807, 2.05) is 0 Å². The van der Waals surface area contributed by atoms with Crippen LogP contribution in [0.2, 0.25) is 0 Å². The molecule has 0 saturated heterocycles. The minimum Gasteiger partial charge on any atom is -0.382 e. The molecule has 2 amide bonds. The predicted molar refractivity (Wildman–Crippen MR) is 76.8 cm³/mol. The van der Waals surface area contributed by atoms with Gasteiger partial charge in [0.15, 0.2) is 11.5 Å². The van der Waals surface area contributed by atoms with Crippen molar-refractivity contribution in [2.75, 3.05) is 12.3 Å². The van der Waals surface area contributed by atoms with Crippen LogP contribution in [0.4, 0.5) is 5.82 Å². The van der Waals surface area contributed by atoms with Crippen molar-refractivity contribution < 1.29 is 9.59 Å². The highest BCUT2D eigenvalue weighted by Crippen LogP contribution is 2.14. The van der Waals surface area contributed by atoms with Crippen LogP contribution >= 0.6 is 0 Å². The quantitative estimate of drug-likeness (QED) is 0.618. The molecule has 0 spiro atoms. The van der Waals surface area contributed by atoms with Crippen molar-refractivity contribution in [2.24, 2.45) is 0 Å². The summed E-state index contributed by atoms with van der Waals surface area (Å²) in [5.74, 6) is -0.675. The number of nitrogens with two attached hydrogens (primary N) is 1. The lowest BCUT2D eigenvalue weighted by atomic mass is 10.4. The van der Waals surface area contributed by atoms with Gasteiger partial charge in [-0.3, -0.25) is 14.5 Å². The highest BCUT2D eigenvalue weighted by Gasteiger charge is 2.19. The fourth-order valence-electron chi connectivity index (χ4n) is 1.80. The van der Waals surface area contributed by atoms with E-state index < -0.39 is 11.8 Å². The molecule has 0 radical (unpaired) electrons. The van der Waals surface area contributed by atoms with Gasteiger partial charge in [-0.1, -0.05) is 12.7 Å². The van der Waals surface area contributed by atoms with Crippen molar-refractivity contribution >= 4 is 28.8 Å². The topological polar surface area (TPSA) is 107 Å². The Bertz CT molecular complexity index is 721. The molecule has 0 aliphatic rings. The van der Waals surface area contributed by atoms with Crippen molar-refractivity contribution in [3.63, 3.8) is 0 Å². The maximum absolute atomic E-state index is 12.2. The van der Waals surface area contributed by atoms with Crippen molar-refractivity contribution in [3.05, 3.63) is 38.0 Å². The van der Waals surface area contributed by atoms with Crippen molar-refractivity contribution in [1.29, 1.82) is 0 Å². The summed E-state index contributed by atoms with van der Waals surface area (Å²) in [6.07, 6.45) is 5.26. The third kappa shape index (κ3) is 2.78. The normalized spacial score (nSPS) is 10.3. The van der Waals surface area contributed by atoms with Gasteiger partial charge < -0.3 is 10.3 Å². The SMILES string of the molecule is C=CCN(C(=O)C=C)C(=O)Cn1cnc2c(N)ncnc21. The van der Waals surface area contributed by atoms with Crippen molar-refractivity contribution in [3.8, 4) is 0 Å². The van der Waals surface area contributed by atoms with Crippen LogP contribution in [0.15, 0.2) is 38.0 Å². The summed E-state index contributed by atoms with van der Waals surface area (Å²) in [5, 5.41) is 0. The molecule has 21 heavy (non-hydrogen) atoms. The molecule has 2 aromatic heterocycles. The summed E-state index contributed by atoms with van der Waals surface area (Å²) in [6.45, 7) is 6.90. The van der Waals surface area contributed by atoms with Crippen LogP contribution in [0.3, 0.4) is 0 Å². The summed E-state index contributed by atoms with van der Waals surface area (Å²) in [6, 6.07) is 0. The molecular formula is C13H14N6O2. The molecule has 0 unspecified atom stereocenters. The first-order valence-electron chi connectivity index (χ1n) is 6.07. The summed E-state index contributed by atoms with van der Waals surface area (Å²) in [5.41, 5.74) is 6.52. The van der Waals surface area contributed by atoms with Gasteiger partial charge in [0.2, 0.25) is 5.91 Å². The van der Waals surface area contributed by atoms with Crippen LogP contribution in [-0.4, -0.2) is 42.8 Å². The van der Waals surface area contributed by atoms with E-state index in [1.54, 1.807) is 0 Å². The lowest BCUT2D eigenvalue weighted by Gasteiger charge is -2.17. The average molecular weight is 286 g/mol. The van der Waals surface area contributed by atoms with E-state index in [-0.39, 0.29) is 18.9 Å². The first-order chi connectivity index (χ1) is 10.1. The van der Waals surface area contributed by atoms with E-state index in [0.717, 1.165) is 11.0 Å². The highest BCUT2D eigenvalue weighted by molar-refractivity contribution is 6.01. The Balaban J connectivity index is 2.28. The molecule has 2 rings (SSSR count). The van der Waals surface area contributed by atoms with Crippen molar-refractivity contribution in [1.82, 2.24) is 24.4 Å². The minimum atomic E-state index is -0.488. The molecule has 0 bridgehead atoms. The number of nitrogens with zero attached hydrogens (tertiary/aromatic N) is 5. The third-order valence-electron chi connectivity index (χ3n) is 2.79. The fourth-order valence-corrected chi connectivity index (χ4v) is 1.80. The molecule has 8 heteroatoms. The standard InChI is InChI=1S/C13H14N6O2/c1-3-5-19(9(20)4-2)10(21)6-18-8-17-11-12(14)15-7-16-13(11)18/h3-4,7-8H,1-2,5-6H2,(H2,14,15,16). The van der Waals surface area contributed by atoms with Crippen LogP contribution in [0.5, 0.6) is 0 Å². The average Bonchev–Trinajstić information content (AvgIpc) is 2.88. The smallest absolute Gasteiger partial charge is 0.252 e. The van der Waals surface area contributed by atoms with Gasteiger partial charge in [0.1, 0.15) is 18.4 Å². The molecule has 108 valence electrons. The molecule has 0 saturated carbocycles. The van der Waals surface area contributed by atoms with Gasteiger partial charge in [-0.15, -0.1) is 6.58 Å². The third-order valence-corrected chi connectivity index (χ3v) is 2.79. The fraction of sp³-hybridized carbons (Fsp3) is 0.154. The number of carbonyl (C=O) groups is 2. The molecule has 2 N–H and O–H groups in total. The number of hydrogen-bond donors (Lipinski definition) is 1. The number of amides is 2. The Morgan fingerprint density at radius 2 is 2.10 bits per heavy atom. The molecular weight excluding hydrogens is 272 g/mol. The van der Waals surface area contributed by atoms with Gasteiger partial charge >= 0.3 is 0 Å². The maximum Gasteiger partial charge on any atom is 0.252 e. The van der Waals surface area contributed by atoms with Gasteiger partial charge in [-0.25, -0.2) is 15.0 Å². The maximum atomic E-state index is 12.2. The Morgan fingerprint density at radius 1 is 1.33 bits per heavy atom. The van der Waals surface area contributed by atoms with Crippen LogP contribution in [0.25, 0.3) is 11.2 Å². The lowest BCUT2D eigenvalue weighted by molar-refractivity contribution is -0.141. The van der Waals surface area contributed by atoms with Gasteiger partial charge in [0.25, 0.3) is 5.91 Å². The van der Waals surface area contributed by atoms with Crippen LogP contribution in [-0.2, 0) is 16.1 Å². The molecule has 0 atom stereocenters. The molecule has 0 aromatic carbocycles. The second-order valence-electron chi connectivity index (χ2n) is 4.14. The van der Waals surface area contributed by atoms with E-state index in [1.165, 1.54) is 23.3 Å². The van der Waals surface area contributed by atoms with E-state index in [2.05, 4.69) is 28.1 Å². The molecule has 8 nitrogen and oxygen atoms in total. The Labute approximate surface area is 120 Å². The predicted octanol–water partition coefficient (Wildman–Crippen LogP) is 0.136. The van der Waals surface area contributed by atoms with Crippen LogP contribution < -0.4 is 5.73 Å². The molecule has 0 aliphatic heterocycles. The van der Waals surface area contributed by atoms with E-state index >= 15 is 0 Å². The molecule has 0 fully saturated rings. The summed E-state index contributed by atoms with van der Waals surface area (Å²) in [7, 11) is 0. The second-order valence-corrected chi connectivity index (χ2v) is 4.14. The van der Waals surface area contributed by atoms with E-state index in [9.17, 15) is 9.59 Å². The first kappa shape index (κ1) is 14.4. The zero-order valence-corrected chi connectivity index (χ0v) is 11.3. The summed E-state index contributed by atoms with van der Waals surface area (Å²) in [4.78, 5) is 36.8. The van der Waals surface area contributed by atoms with Crippen LogP contribution in [0.1, 0.15) is 0 Å². The largest absolute Gasteiger partial charge is 0.382 e. The molecule has 0 aliphatic carbocycles. The molecule has 2 heterocycles. The van der Waals surface area contributed by atoms with Gasteiger partial charge in [-0.05, 0) is 6.08 Å². The first-order valence-corrected chi connectivity index (χ1v) is 6.07. The number of fused-ring (bicyclic) bond motifs is 1. The number of nitrogen functional groups attached to an aromatic ring is 1. The van der Waals surface area contributed by atoms with E-state index in [4.69, 9.17) is 5.73 Å². The lowest BCUT2D eigenvalue weighted by Crippen LogP contribution is -2.38. The summed E-state index contributed by atoms with van der Waals surface area (Å²) < 4.78 is 1.50. The van der Waals surface area contributed by atoms with Gasteiger partial charge in [-0.2, -0.15) is 0 Å². The number of aromatic nitrogens is 4. The van der Waals surface area contributed by atoms with Gasteiger partial charge in [0, 0.05) is 6.54 Å². The number of imidazole rings is 1. The highest BCUT2D eigenvalue weighted by atomic mass is 16.2. The number of imide groups is 1. The summed E-state index contributed by atoms with van der Waals surface area (Å²) >= 11 is 0. The van der Waals surface area contributed by atoms with Crippen LogP contribution in [0, 0.1) is 0 Å². The zero-order valence-electron chi connectivity index (χ0n) is 11.3. The second kappa shape index (κ2) is 5.95. The number of carbonyl (C=O) groups excluding carboxylic acids is 2. The Morgan fingerprint density at radius 3 is 2.76 bits per heavy atom. The van der Waals surface area contributed by atoms with E-state index in [0.29, 0.717) is 11.2 Å². The molecule has 2 aromatic rings. The number of rotatable bonds is 5. The number of hydrogen-bond acceptors (Lipinski definition) is 6. The van der Waals surface area contributed by atoms with Crippen molar-refractivity contribution in [2.45, 2.75) is 6.54 Å². The van der Waals surface area contributed by atoms with Gasteiger partial charge in [0.05, 0.1) is 6.33 Å². The number of anilines is 1. The monoisotopic (exact) mass is 286 g/mol. The Kier molecular flexibility index (Phi) is 4.07.